The Morgan fingerprint density at radius 2 is 2.18 bits per heavy atom. The Balaban J connectivity index is 1.94. The number of aryl methyl sites for hydroxylation is 1. The van der Waals surface area contributed by atoms with Gasteiger partial charge in [-0.15, -0.1) is 0 Å². The highest BCUT2D eigenvalue weighted by atomic mass is 16.5. The maximum absolute atomic E-state index is 12.9. The zero-order valence-corrected chi connectivity index (χ0v) is 12.8. The molecule has 0 N–H and O–H groups in total. The van der Waals surface area contributed by atoms with Crippen molar-refractivity contribution in [2.24, 2.45) is 0 Å². The SMILES string of the molecule is COc1ccccc1C1CCCN1C(=O)c1cncnc1C. The number of rotatable bonds is 3. The second-order valence-corrected chi connectivity index (χ2v) is 5.42. The molecule has 1 aromatic heterocycles. The summed E-state index contributed by atoms with van der Waals surface area (Å²) >= 11 is 0. The van der Waals surface area contributed by atoms with E-state index in [9.17, 15) is 4.79 Å². The first kappa shape index (κ1) is 14.5. The molecule has 2 aromatic rings. The summed E-state index contributed by atoms with van der Waals surface area (Å²) in [7, 11) is 1.66. The first-order chi connectivity index (χ1) is 10.7. The number of ether oxygens (including phenoxy) is 1. The molecule has 3 rings (SSSR count). The molecule has 5 heteroatoms. The molecule has 1 aromatic carbocycles. The van der Waals surface area contributed by atoms with E-state index in [-0.39, 0.29) is 11.9 Å². The van der Waals surface area contributed by atoms with E-state index in [0.717, 1.165) is 30.7 Å². The predicted octanol–water partition coefficient (Wildman–Crippen LogP) is 2.77. The van der Waals surface area contributed by atoms with Crippen LogP contribution < -0.4 is 4.74 Å². The number of benzene rings is 1. The Bertz CT molecular complexity index is 687. The van der Waals surface area contributed by atoms with E-state index < -0.39 is 0 Å². The van der Waals surface area contributed by atoms with E-state index in [2.05, 4.69) is 9.97 Å². The first-order valence-corrected chi connectivity index (χ1v) is 7.43. The largest absolute Gasteiger partial charge is 0.496 e. The third-order valence-electron chi connectivity index (χ3n) is 4.15. The van der Waals surface area contributed by atoms with Crippen LogP contribution in [0.25, 0.3) is 0 Å². The Morgan fingerprint density at radius 3 is 2.95 bits per heavy atom. The second kappa shape index (κ2) is 6.13. The van der Waals surface area contributed by atoms with Crippen molar-refractivity contribution >= 4 is 5.91 Å². The van der Waals surface area contributed by atoms with E-state index in [1.165, 1.54) is 6.33 Å². The number of para-hydroxylation sites is 1. The summed E-state index contributed by atoms with van der Waals surface area (Å²) < 4.78 is 5.45. The summed E-state index contributed by atoms with van der Waals surface area (Å²) in [6, 6.07) is 7.94. The standard InChI is InChI=1S/C17H19N3O2/c1-12-14(10-18-11-19-12)17(21)20-9-5-7-15(20)13-6-3-4-8-16(13)22-2/h3-4,6,8,10-11,15H,5,7,9H2,1-2H3. The summed E-state index contributed by atoms with van der Waals surface area (Å²) in [5.74, 6) is 0.819. The fourth-order valence-electron chi connectivity index (χ4n) is 3.03. The predicted molar refractivity (Wildman–Crippen MR) is 82.8 cm³/mol. The number of aromatic nitrogens is 2. The number of amides is 1. The maximum atomic E-state index is 12.9. The highest BCUT2D eigenvalue weighted by Crippen LogP contribution is 2.37. The quantitative estimate of drug-likeness (QED) is 0.874. The Labute approximate surface area is 130 Å². The van der Waals surface area contributed by atoms with Crippen LogP contribution in [0.3, 0.4) is 0 Å². The van der Waals surface area contributed by atoms with Crippen LogP contribution in [0.2, 0.25) is 0 Å². The van der Waals surface area contributed by atoms with Gasteiger partial charge in [0.25, 0.3) is 5.91 Å². The highest BCUT2D eigenvalue weighted by Gasteiger charge is 2.33. The van der Waals surface area contributed by atoms with Crippen LogP contribution in [0.15, 0.2) is 36.8 Å². The van der Waals surface area contributed by atoms with Crippen molar-refractivity contribution < 1.29 is 9.53 Å². The van der Waals surface area contributed by atoms with Gasteiger partial charge in [-0.05, 0) is 25.8 Å². The molecule has 0 saturated carbocycles. The molecular formula is C17H19N3O2. The Morgan fingerprint density at radius 1 is 1.36 bits per heavy atom. The van der Waals surface area contributed by atoms with E-state index >= 15 is 0 Å². The minimum Gasteiger partial charge on any atom is -0.496 e. The van der Waals surface area contributed by atoms with Crippen molar-refractivity contribution in [2.75, 3.05) is 13.7 Å². The molecule has 5 nitrogen and oxygen atoms in total. The van der Waals surface area contributed by atoms with Crippen LogP contribution in [-0.4, -0.2) is 34.4 Å². The summed E-state index contributed by atoms with van der Waals surface area (Å²) in [6.07, 6.45) is 5.00. The van der Waals surface area contributed by atoms with E-state index in [4.69, 9.17) is 4.74 Å². The van der Waals surface area contributed by atoms with E-state index in [1.54, 1.807) is 13.3 Å². The molecule has 1 amide bonds. The highest BCUT2D eigenvalue weighted by molar-refractivity contribution is 5.95. The van der Waals surface area contributed by atoms with Gasteiger partial charge in [0.05, 0.1) is 24.4 Å². The second-order valence-electron chi connectivity index (χ2n) is 5.42. The van der Waals surface area contributed by atoms with Gasteiger partial charge in [-0.25, -0.2) is 9.97 Å². The molecule has 1 aliphatic rings. The van der Waals surface area contributed by atoms with Crippen LogP contribution in [-0.2, 0) is 0 Å². The van der Waals surface area contributed by atoms with E-state index in [0.29, 0.717) is 11.3 Å². The van der Waals surface area contributed by atoms with Crippen molar-refractivity contribution in [2.45, 2.75) is 25.8 Å². The van der Waals surface area contributed by atoms with Gasteiger partial charge in [0.1, 0.15) is 12.1 Å². The van der Waals surface area contributed by atoms with Crippen LogP contribution in [0.4, 0.5) is 0 Å². The van der Waals surface area contributed by atoms with Crippen molar-refractivity contribution in [3.8, 4) is 5.75 Å². The first-order valence-electron chi connectivity index (χ1n) is 7.43. The van der Waals surface area contributed by atoms with Crippen molar-refractivity contribution in [3.05, 3.63) is 53.6 Å². The van der Waals surface area contributed by atoms with Gasteiger partial charge in [0, 0.05) is 18.3 Å². The summed E-state index contributed by atoms with van der Waals surface area (Å²) in [6.45, 7) is 2.58. The molecule has 2 heterocycles. The number of methoxy groups -OCH3 is 1. The normalized spacial score (nSPS) is 17.5. The number of hydrogen-bond acceptors (Lipinski definition) is 4. The zero-order chi connectivity index (χ0) is 15.5. The van der Waals surface area contributed by atoms with Crippen molar-refractivity contribution in [1.29, 1.82) is 0 Å². The van der Waals surface area contributed by atoms with Crippen molar-refractivity contribution in [3.63, 3.8) is 0 Å². The van der Waals surface area contributed by atoms with Gasteiger partial charge in [0.2, 0.25) is 0 Å². The molecule has 0 radical (unpaired) electrons. The molecular weight excluding hydrogens is 278 g/mol. The molecule has 1 aliphatic heterocycles. The van der Waals surface area contributed by atoms with Gasteiger partial charge in [0.15, 0.2) is 0 Å². The molecule has 0 aliphatic carbocycles. The van der Waals surface area contributed by atoms with Crippen molar-refractivity contribution in [1.82, 2.24) is 14.9 Å². The summed E-state index contributed by atoms with van der Waals surface area (Å²) in [5.41, 5.74) is 2.35. The molecule has 1 saturated heterocycles. The summed E-state index contributed by atoms with van der Waals surface area (Å²) in [5, 5.41) is 0. The van der Waals surface area contributed by atoms with Crippen LogP contribution in [0, 0.1) is 6.92 Å². The summed E-state index contributed by atoms with van der Waals surface area (Å²) in [4.78, 5) is 22.9. The number of nitrogens with zero attached hydrogens (tertiary/aromatic N) is 3. The van der Waals surface area contributed by atoms with Gasteiger partial charge in [-0.3, -0.25) is 4.79 Å². The zero-order valence-electron chi connectivity index (χ0n) is 12.8. The number of likely N-dealkylation sites (tertiary alicyclic amines) is 1. The minimum absolute atomic E-state index is 0.00786. The Kier molecular flexibility index (Phi) is 4.04. The number of hydrogen-bond donors (Lipinski definition) is 0. The van der Waals surface area contributed by atoms with Crippen LogP contribution >= 0.6 is 0 Å². The minimum atomic E-state index is -0.00786. The molecule has 0 spiro atoms. The average Bonchev–Trinajstić information content (AvgIpc) is 3.04. The van der Waals surface area contributed by atoms with Crippen LogP contribution in [0.1, 0.15) is 40.5 Å². The lowest BCUT2D eigenvalue weighted by Crippen LogP contribution is -2.31. The topological polar surface area (TPSA) is 55.3 Å². The fourth-order valence-corrected chi connectivity index (χ4v) is 3.03. The molecule has 114 valence electrons. The maximum Gasteiger partial charge on any atom is 0.257 e. The third-order valence-corrected chi connectivity index (χ3v) is 4.15. The van der Waals surface area contributed by atoms with Crippen LogP contribution in [0.5, 0.6) is 5.75 Å². The van der Waals surface area contributed by atoms with E-state index in [1.807, 2.05) is 36.1 Å². The van der Waals surface area contributed by atoms with Gasteiger partial charge < -0.3 is 9.64 Å². The Hall–Kier alpha value is -2.43. The smallest absolute Gasteiger partial charge is 0.257 e. The molecule has 0 bridgehead atoms. The molecule has 1 fully saturated rings. The average molecular weight is 297 g/mol. The molecule has 1 unspecified atom stereocenters. The molecule has 1 atom stereocenters. The van der Waals surface area contributed by atoms with Gasteiger partial charge in [-0.2, -0.15) is 0 Å². The number of carbonyl (C=O) groups excluding carboxylic acids is 1. The lowest BCUT2D eigenvalue weighted by Gasteiger charge is -2.26. The molecule has 22 heavy (non-hydrogen) atoms. The monoisotopic (exact) mass is 297 g/mol. The lowest BCUT2D eigenvalue weighted by molar-refractivity contribution is 0.0732. The van der Waals surface area contributed by atoms with Gasteiger partial charge in [-0.1, -0.05) is 18.2 Å². The number of carbonyl (C=O) groups is 1. The fraction of sp³-hybridized carbons (Fsp3) is 0.353. The lowest BCUT2D eigenvalue weighted by atomic mass is 10.0. The third kappa shape index (κ3) is 2.54. The van der Waals surface area contributed by atoms with Gasteiger partial charge >= 0.3 is 0 Å².